The van der Waals surface area contributed by atoms with Crippen molar-refractivity contribution in [1.82, 2.24) is 0 Å². The molecule has 2 aromatic carbocycles. The van der Waals surface area contributed by atoms with Crippen LogP contribution in [-0.4, -0.2) is 14.3 Å². The maximum Gasteiger partial charge on any atom is 0.339 e. The van der Waals surface area contributed by atoms with Crippen LogP contribution in [0, 0.1) is 6.92 Å². The number of carbonyl (C=O) groups is 1. The van der Waals surface area contributed by atoms with Crippen molar-refractivity contribution in [3.63, 3.8) is 0 Å². The van der Waals surface area contributed by atoms with E-state index in [9.17, 15) is 18.0 Å². The summed E-state index contributed by atoms with van der Waals surface area (Å²) >= 11 is 0. The fourth-order valence-electron chi connectivity index (χ4n) is 3.43. The Balaban J connectivity index is 1.75. The van der Waals surface area contributed by atoms with Crippen molar-refractivity contribution in [3.8, 4) is 5.75 Å². The normalized spacial score (nSPS) is 13.8. The van der Waals surface area contributed by atoms with Crippen LogP contribution in [0.15, 0.2) is 50.5 Å². The Bertz CT molecular complexity index is 1310. The standard InChI is InChI=1S/C21H19NO6S/c1-3-13-10-16-12(2)8-21(24)27-19(16)11-18(13)28-29(25,26)15-5-6-17-14(9-15)4-7-20(23)22-17/h5-6,8-11H,3-4,7H2,1-2H3,(H,22,23). The Morgan fingerprint density at radius 1 is 1.10 bits per heavy atom. The fourth-order valence-corrected chi connectivity index (χ4v) is 4.44. The van der Waals surface area contributed by atoms with Crippen molar-refractivity contribution in [2.24, 2.45) is 0 Å². The molecule has 0 saturated heterocycles. The first-order chi connectivity index (χ1) is 13.8. The fraction of sp³-hybridized carbons (Fsp3) is 0.238. The van der Waals surface area contributed by atoms with E-state index in [2.05, 4.69) is 5.32 Å². The third kappa shape index (κ3) is 3.63. The van der Waals surface area contributed by atoms with Gasteiger partial charge in [-0.15, -0.1) is 0 Å². The molecule has 0 aliphatic carbocycles. The van der Waals surface area contributed by atoms with Crippen LogP contribution in [0.5, 0.6) is 5.75 Å². The van der Waals surface area contributed by atoms with E-state index in [0.29, 0.717) is 30.5 Å². The lowest BCUT2D eigenvalue weighted by Crippen LogP contribution is -2.19. The molecule has 0 radical (unpaired) electrons. The first-order valence-electron chi connectivity index (χ1n) is 9.21. The molecule has 1 amide bonds. The first kappa shape index (κ1) is 19.2. The lowest BCUT2D eigenvalue weighted by molar-refractivity contribution is -0.116. The van der Waals surface area contributed by atoms with Gasteiger partial charge in [0.1, 0.15) is 16.2 Å². The summed E-state index contributed by atoms with van der Waals surface area (Å²) < 4.78 is 36.4. The van der Waals surface area contributed by atoms with E-state index in [1.54, 1.807) is 19.1 Å². The van der Waals surface area contributed by atoms with Gasteiger partial charge in [-0.2, -0.15) is 8.42 Å². The van der Waals surface area contributed by atoms with E-state index in [4.69, 9.17) is 8.60 Å². The Kier molecular flexibility index (Phi) is 4.66. The predicted molar refractivity (Wildman–Crippen MR) is 108 cm³/mol. The summed E-state index contributed by atoms with van der Waals surface area (Å²) in [7, 11) is -4.11. The van der Waals surface area contributed by atoms with Gasteiger partial charge < -0.3 is 13.9 Å². The number of nitrogens with one attached hydrogen (secondary N) is 1. The monoisotopic (exact) mass is 413 g/mol. The molecule has 1 aromatic heterocycles. The van der Waals surface area contributed by atoms with Crippen molar-refractivity contribution < 1.29 is 21.8 Å². The lowest BCUT2D eigenvalue weighted by atomic mass is 10.0. The molecule has 0 saturated carbocycles. The minimum atomic E-state index is -4.11. The maximum atomic E-state index is 12.9. The van der Waals surface area contributed by atoms with E-state index in [1.807, 2.05) is 6.92 Å². The number of benzene rings is 2. The summed E-state index contributed by atoms with van der Waals surface area (Å²) in [6.45, 7) is 3.68. The largest absolute Gasteiger partial charge is 0.423 e. The van der Waals surface area contributed by atoms with Crippen LogP contribution in [0.1, 0.15) is 30.0 Å². The Labute approximate surface area is 167 Å². The summed E-state index contributed by atoms with van der Waals surface area (Å²) in [4.78, 5) is 23.2. The number of fused-ring (bicyclic) bond motifs is 2. The molecular formula is C21H19NO6S. The van der Waals surface area contributed by atoms with Gasteiger partial charge >= 0.3 is 15.7 Å². The molecule has 7 nitrogen and oxygen atoms in total. The molecule has 1 aliphatic rings. The van der Waals surface area contributed by atoms with Crippen LogP contribution in [0.2, 0.25) is 0 Å². The van der Waals surface area contributed by atoms with E-state index < -0.39 is 15.7 Å². The van der Waals surface area contributed by atoms with Gasteiger partial charge in [0, 0.05) is 29.6 Å². The highest BCUT2D eigenvalue weighted by Gasteiger charge is 2.23. The number of aryl methyl sites for hydroxylation is 3. The van der Waals surface area contributed by atoms with Crippen LogP contribution in [-0.2, 0) is 27.8 Å². The highest BCUT2D eigenvalue weighted by atomic mass is 32.2. The summed E-state index contributed by atoms with van der Waals surface area (Å²) in [6.07, 6.45) is 1.31. The molecule has 0 unspecified atom stereocenters. The number of amides is 1. The van der Waals surface area contributed by atoms with E-state index in [0.717, 1.165) is 16.5 Å². The minimum absolute atomic E-state index is 0.000226. The Morgan fingerprint density at radius 2 is 1.90 bits per heavy atom. The number of carbonyl (C=O) groups excluding carboxylic acids is 1. The topological polar surface area (TPSA) is 103 Å². The van der Waals surface area contributed by atoms with E-state index >= 15 is 0 Å². The van der Waals surface area contributed by atoms with Crippen LogP contribution in [0.4, 0.5) is 5.69 Å². The van der Waals surface area contributed by atoms with Crippen LogP contribution in [0.3, 0.4) is 0 Å². The number of hydrogen-bond acceptors (Lipinski definition) is 6. The van der Waals surface area contributed by atoms with Crippen molar-refractivity contribution in [2.75, 3.05) is 5.32 Å². The lowest BCUT2D eigenvalue weighted by Gasteiger charge is -2.18. The first-order valence-corrected chi connectivity index (χ1v) is 10.6. The van der Waals surface area contributed by atoms with Crippen molar-refractivity contribution in [2.45, 2.75) is 38.0 Å². The Hall–Kier alpha value is -3.13. The van der Waals surface area contributed by atoms with Gasteiger partial charge in [0.25, 0.3) is 0 Å². The SMILES string of the molecule is CCc1cc2c(C)cc(=O)oc2cc1OS(=O)(=O)c1ccc2c(c1)CCC(=O)N2. The summed E-state index contributed by atoms with van der Waals surface area (Å²) in [5.74, 6) is 0.0321. The van der Waals surface area contributed by atoms with Crippen LogP contribution in [0.25, 0.3) is 11.0 Å². The molecule has 0 bridgehead atoms. The van der Waals surface area contributed by atoms with Gasteiger partial charge in [-0.05, 0) is 60.7 Å². The number of hydrogen-bond donors (Lipinski definition) is 1. The average molecular weight is 413 g/mol. The maximum absolute atomic E-state index is 12.9. The van der Waals surface area contributed by atoms with Gasteiger partial charge in [0.15, 0.2) is 0 Å². The van der Waals surface area contributed by atoms with Crippen LogP contribution < -0.4 is 15.1 Å². The highest BCUT2D eigenvalue weighted by molar-refractivity contribution is 7.87. The summed E-state index contributed by atoms with van der Waals surface area (Å²) in [5.41, 5.74) is 2.54. The second-order valence-electron chi connectivity index (χ2n) is 6.96. The van der Waals surface area contributed by atoms with Gasteiger partial charge in [0.2, 0.25) is 5.91 Å². The quantitative estimate of drug-likeness (QED) is 0.520. The molecule has 1 aliphatic heterocycles. The smallest absolute Gasteiger partial charge is 0.339 e. The third-order valence-corrected chi connectivity index (χ3v) is 6.20. The second kappa shape index (κ2) is 7.04. The molecule has 4 rings (SSSR count). The molecule has 0 atom stereocenters. The van der Waals surface area contributed by atoms with Gasteiger partial charge in [0.05, 0.1) is 0 Å². The molecule has 0 spiro atoms. The van der Waals surface area contributed by atoms with E-state index in [1.165, 1.54) is 24.3 Å². The third-order valence-electron chi connectivity index (χ3n) is 4.97. The molecule has 3 aromatic rings. The highest BCUT2D eigenvalue weighted by Crippen LogP contribution is 2.31. The number of rotatable bonds is 4. The average Bonchev–Trinajstić information content (AvgIpc) is 2.66. The van der Waals surface area contributed by atoms with Crippen LogP contribution >= 0.6 is 0 Å². The minimum Gasteiger partial charge on any atom is -0.423 e. The molecule has 150 valence electrons. The molecule has 8 heteroatoms. The number of anilines is 1. The zero-order valence-corrected chi connectivity index (χ0v) is 16.8. The van der Waals surface area contributed by atoms with Crippen molar-refractivity contribution in [1.29, 1.82) is 0 Å². The summed E-state index contributed by atoms with van der Waals surface area (Å²) in [5, 5.41) is 3.45. The van der Waals surface area contributed by atoms with Gasteiger partial charge in [-0.3, -0.25) is 4.79 Å². The molecular weight excluding hydrogens is 394 g/mol. The second-order valence-corrected chi connectivity index (χ2v) is 8.51. The molecule has 1 N–H and O–H groups in total. The van der Waals surface area contributed by atoms with Gasteiger partial charge in [-0.25, -0.2) is 4.79 Å². The summed E-state index contributed by atoms with van der Waals surface area (Å²) in [6, 6.07) is 9.09. The molecule has 0 fully saturated rings. The van der Waals surface area contributed by atoms with E-state index in [-0.39, 0.29) is 22.1 Å². The molecule has 29 heavy (non-hydrogen) atoms. The molecule has 2 heterocycles. The van der Waals surface area contributed by atoms with Crippen molar-refractivity contribution >= 4 is 32.7 Å². The van der Waals surface area contributed by atoms with Gasteiger partial charge in [-0.1, -0.05) is 6.92 Å². The Morgan fingerprint density at radius 3 is 2.66 bits per heavy atom. The van der Waals surface area contributed by atoms with Crippen molar-refractivity contribution in [3.05, 3.63) is 63.5 Å². The zero-order chi connectivity index (χ0) is 20.8. The zero-order valence-electron chi connectivity index (χ0n) is 15.9. The predicted octanol–water partition coefficient (Wildman–Crippen LogP) is 3.32.